The van der Waals surface area contributed by atoms with Crippen molar-refractivity contribution < 1.29 is 66.9 Å². The number of nitrogens with one attached hydrogen (secondary N) is 4. The second-order valence-corrected chi connectivity index (χ2v) is 22.4. The Kier molecular flexibility index (Phi) is 18.7. The minimum absolute atomic E-state index is 0.0148. The third kappa shape index (κ3) is 13.0. The number of nitrogens with zero attached hydrogens (tertiary/aromatic N) is 6. The molecule has 0 saturated carbocycles. The van der Waals surface area contributed by atoms with E-state index in [1.807, 2.05) is 0 Å². The van der Waals surface area contributed by atoms with Crippen LogP contribution in [0.1, 0.15) is 124 Å². The molecule has 5 N–H and O–H groups in total. The van der Waals surface area contributed by atoms with Gasteiger partial charge in [-0.3, -0.25) is 48.1 Å². The van der Waals surface area contributed by atoms with Crippen LogP contribution in [0.15, 0.2) is 47.3 Å². The second kappa shape index (κ2) is 25.5. The van der Waals surface area contributed by atoms with E-state index in [0.717, 1.165) is 4.90 Å². The van der Waals surface area contributed by atoms with Crippen LogP contribution < -0.4 is 26.8 Å². The molecule has 0 radical (unpaired) electrons. The lowest BCUT2D eigenvalue weighted by Gasteiger charge is -2.31. The zero-order valence-corrected chi connectivity index (χ0v) is 49.1. The van der Waals surface area contributed by atoms with Gasteiger partial charge in [0.15, 0.2) is 5.60 Å². The molecule has 5 heterocycles. The molecule has 0 bridgehead atoms. The highest BCUT2D eigenvalue weighted by molar-refractivity contribution is 6.13. The molecule has 2 aromatic carbocycles. The number of aromatic nitrogens is 2. The molecule has 1 aliphatic carbocycles. The molecule has 4 aromatic rings. The van der Waals surface area contributed by atoms with E-state index in [9.17, 15) is 57.8 Å². The van der Waals surface area contributed by atoms with Gasteiger partial charge in [0.25, 0.3) is 17.4 Å². The van der Waals surface area contributed by atoms with Crippen molar-refractivity contribution in [3.8, 4) is 11.4 Å². The maximum atomic E-state index is 15.7. The van der Waals surface area contributed by atoms with E-state index < -0.39 is 89.2 Å². The summed E-state index contributed by atoms with van der Waals surface area (Å²) in [6.45, 7) is 8.08. The topological polar surface area (TPSA) is 305 Å². The van der Waals surface area contributed by atoms with Crippen LogP contribution in [0.3, 0.4) is 0 Å². The molecule has 85 heavy (non-hydrogen) atoms. The Balaban J connectivity index is 1.01. The Morgan fingerprint density at radius 1 is 0.894 bits per heavy atom. The predicted octanol–water partition coefficient (Wildman–Crippen LogP) is 3.41. The highest BCUT2D eigenvalue weighted by atomic mass is 19.1. The van der Waals surface area contributed by atoms with E-state index in [1.165, 1.54) is 72.5 Å². The number of alkyl carbamates (subject to hydrolysis) is 1. The van der Waals surface area contributed by atoms with Crippen molar-refractivity contribution in [2.75, 3.05) is 46.1 Å². The van der Waals surface area contributed by atoms with Gasteiger partial charge in [0.05, 0.1) is 48.1 Å². The fourth-order valence-electron chi connectivity index (χ4n) is 11.1. The van der Waals surface area contributed by atoms with Gasteiger partial charge in [-0.15, -0.1) is 0 Å². The Morgan fingerprint density at radius 2 is 1.59 bits per heavy atom. The third-order valence-electron chi connectivity index (χ3n) is 16.3. The van der Waals surface area contributed by atoms with Gasteiger partial charge >= 0.3 is 12.1 Å². The van der Waals surface area contributed by atoms with Crippen LogP contribution in [0.2, 0.25) is 0 Å². The van der Waals surface area contributed by atoms with Crippen LogP contribution in [-0.2, 0) is 90.9 Å². The van der Waals surface area contributed by atoms with E-state index >= 15 is 4.39 Å². The number of benzene rings is 2. The zero-order valence-electron chi connectivity index (χ0n) is 49.1. The lowest BCUT2D eigenvalue weighted by molar-refractivity contribution is -0.172. The first kappa shape index (κ1) is 62.2. The quantitative estimate of drug-likeness (QED) is 0.0377. The summed E-state index contributed by atoms with van der Waals surface area (Å²) < 4.78 is 28.4. The SMILES string of the molecule is CC[C@@]1(O)C(=O)OCc2c1cc1n(c2=O)Cc2c-1nc1cc(F)c(C)c3c1c2[C@@H](NC(=O)OCc1c(CN(C)C(=O)CN(C)C(=O)CN(C)C(C)=O)cccc1NC(=O)[C@H](C)NC(=O)[C@@H](NC(=O)CCCCCN1C(=O)C=CC1=O)C(C)C)CC3. The predicted molar refractivity (Wildman–Crippen MR) is 305 cm³/mol. The number of ether oxygens (including phenoxy) is 2. The number of pyridine rings is 2. The summed E-state index contributed by atoms with van der Waals surface area (Å²) in [6, 6.07) is 4.62. The minimum atomic E-state index is -2.10. The smallest absolute Gasteiger partial charge is 0.407 e. The van der Waals surface area contributed by atoms with Crippen LogP contribution in [0.25, 0.3) is 22.3 Å². The van der Waals surface area contributed by atoms with Crippen LogP contribution in [-0.4, -0.2) is 146 Å². The Labute approximate surface area is 489 Å². The number of hydrogen-bond acceptors (Lipinski definition) is 15. The number of likely N-dealkylation sites (N-methyl/N-ethyl adjacent to an activating group) is 3. The number of imide groups is 1. The highest BCUT2D eigenvalue weighted by Crippen LogP contribution is 2.46. The number of carbonyl (C=O) groups is 10. The van der Waals surface area contributed by atoms with Crippen molar-refractivity contribution in [1.82, 2.24) is 45.1 Å². The molecule has 0 saturated heterocycles. The molecular weight excluding hydrogens is 1100 g/mol. The van der Waals surface area contributed by atoms with Gasteiger partial charge in [0.2, 0.25) is 35.4 Å². The maximum absolute atomic E-state index is 15.7. The minimum Gasteiger partial charge on any atom is -0.458 e. The van der Waals surface area contributed by atoms with Gasteiger partial charge in [-0.1, -0.05) is 39.3 Å². The van der Waals surface area contributed by atoms with E-state index in [0.29, 0.717) is 64.6 Å². The number of aliphatic hydroxyl groups is 1. The summed E-state index contributed by atoms with van der Waals surface area (Å²) in [5.74, 6) is -5.63. The highest BCUT2D eigenvalue weighted by Gasteiger charge is 2.46. The molecular formula is C60H71FN10O14. The molecule has 24 nitrogen and oxygen atoms in total. The third-order valence-corrected chi connectivity index (χ3v) is 16.3. The van der Waals surface area contributed by atoms with Crippen molar-refractivity contribution in [2.45, 2.75) is 137 Å². The molecule has 25 heteroatoms. The summed E-state index contributed by atoms with van der Waals surface area (Å²) in [5, 5.41) is 23.3. The Bertz CT molecular complexity index is 3530. The molecule has 9 amide bonds. The van der Waals surface area contributed by atoms with Crippen molar-refractivity contribution in [1.29, 1.82) is 0 Å². The monoisotopic (exact) mass is 1170 g/mol. The lowest BCUT2D eigenvalue weighted by atomic mass is 9.81. The molecule has 8 rings (SSSR count). The van der Waals surface area contributed by atoms with Crippen molar-refractivity contribution in [2.24, 2.45) is 5.92 Å². The van der Waals surface area contributed by atoms with E-state index in [4.69, 9.17) is 14.5 Å². The molecule has 0 fully saturated rings. The molecule has 0 unspecified atom stereocenters. The molecule has 3 aliphatic heterocycles. The van der Waals surface area contributed by atoms with Crippen molar-refractivity contribution >= 4 is 75.9 Å². The number of amides is 9. The number of cyclic esters (lactones) is 1. The lowest BCUT2D eigenvalue weighted by Crippen LogP contribution is -2.53. The number of anilines is 1. The first-order valence-electron chi connectivity index (χ1n) is 28.2. The Hall–Kier alpha value is -8.87. The average molecular weight is 1180 g/mol. The summed E-state index contributed by atoms with van der Waals surface area (Å²) in [7, 11) is 4.37. The second-order valence-electron chi connectivity index (χ2n) is 22.4. The first-order chi connectivity index (χ1) is 40.2. The number of esters is 1. The van der Waals surface area contributed by atoms with Gasteiger partial charge in [-0.25, -0.2) is 19.0 Å². The zero-order chi connectivity index (χ0) is 61.9. The summed E-state index contributed by atoms with van der Waals surface area (Å²) in [5.41, 5.74) is 1.42. The number of halogens is 1. The summed E-state index contributed by atoms with van der Waals surface area (Å²) >= 11 is 0. The first-order valence-corrected chi connectivity index (χ1v) is 28.2. The van der Waals surface area contributed by atoms with Gasteiger partial charge in [-0.2, -0.15) is 0 Å². The number of carbonyl (C=O) groups excluding carboxylic acids is 10. The molecule has 452 valence electrons. The number of rotatable bonds is 22. The van der Waals surface area contributed by atoms with E-state index in [2.05, 4.69) is 21.3 Å². The van der Waals surface area contributed by atoms with E-state index in [-0.39, 0.29) is 110 Å². The standard InChI is InChI=1S/C60H71FN10O14/c1-10-60(83)40-23-45-54-37(26-71(45)57(80)39(40)30-84-58(60)81)52-43(19-18-36-32(4)41(61)24-44(63-54)51(36)52)65-59(82)85-29-38-35(25-68(8)50(77)28-69(9)49(76)27-67(7)34(6)72)15-14-16-42(38)64-55(78)33(5)62-56(79)53(31(2)3)66-46(73)17-12-11-13-22-70-47(74)20-21-48(70)75/h14-16,20-21,23-24,31,33,43,53,83H,10-13,17-19,22,25-30H2,1-9H3,(H,62,79)(H,64,78)(H,65,82)(H,66,73)/t33-,43-,53-,60-/m0/s1. The van der Waals surface area contributed by atoms with Crippen LogP contribution in [0.5, 0.6) is 0 Å². The summed E-state index contributed by atoms with van der Waals surface area (Å²) in [6.07, 6.45) is 3.52. The maximum Gasteiger partial charge on any atom is 0.407 e. The van der Waals surface area contributed by atoms with Gasteiger partial charge in [0.1, 0.15) is 31.1 Å². The fraction of sp³-hybridized carbons (Fsp3) is 0.467. The Morgan fingerprint density at radius 3 is 2.27 bits per heavy atom. The average Bonchev–Trinajstić information content (AvgIpc) is 1.71. The fourth-order valence-corrected chi connectivity index (χ4v) is 11.1. The van der Waals surface area contributed by atoms with Gasteiger partial charge < -0.3 is 55.1 Å². The van der Waals surface area contributed by atoms with Gasteiger partial charge in [0, 0.05) is 93.6 Å². The van der Waals surface area contributed by atoms with Crippen molar-refractivity contribution in [3.63, 3.8) is 0 Å². The number of hydrogen-bond donors (Lipinski definition) is 5. The van der Waals surface area contributed by atoms with Crippen LogP contribution in [0.4, 0.5) is 14.9 Å². The largest absolute Gasteiger partial charge is 0.458 e. The normalized spacial score (nSPS) is 17.1. The molecule has 2 aromatic heterocycles. The number of aryl methyl sites for hydroxylation is 1. The van der Waals surface area contributed by atoms with Crippen LogP contribution in [0, 0.1) is 18.7 Å². The van der Waals surface area contributed by atoms with Gasteiger partial charge in [-0.05, 0) is 86.3 Å². The molecule has 4 atom stereocenters. The molecule has 4 aliphatic rings. The van der Waals surface area contributed by atoms with Crippen molar-refractivity contribution in [3.05, 3.63) is 103 Å². The molecule has 0 spiro atoms. The summed E-state index contributed by atoms with van der Waals surface area (Å²) in [4.78, 5) is 154. The number of unbranched alkanes of at least 4 members (excludes halogenated alkanes) is 2. The number of fused-ring (bicyclic) bond motifs is 5. The van der Waals surface area contributed by atoms with Crippen LogP contribution >= 0.6 is 0 Å². The van der Waals surface area contributed by atoms with E-state index in [1.54, 1.807) is 52.0 Å².